The Morgan fingerprint density at radius 2 is 2.27 bits per heavy atom. The van der Waals surface area contributed by atoms with E-state index in [1.54, 1.807) is 4.68 Å². The molecule has 15 heavy (non-hydrogen) atoms. The lowest BCUT2D eigenvalue weighted by atomic mass is 10.2. The number of aryl methyl sites for hydroxylation is 2. The largest absolute Gasteiger partial charge is 0.351 e. The van der Waals surface area contributed by atoms with Crippen molar-refractivity contribution < 1.29 is 4.79 Å². The fourth-order valence-corrected chi connectivity index (χ4v) is 1.44. The Balaban J connectivity index is 2.78. The van der Waals surface area contributed by atoms with Crippen molar-refractivity contribution in [1.82, 2.24) is 15.1 Å². The molecule has 0 fully saturated rings. The second-order valence-electron chi connectivity index (χ2n) is 3.38. The molecule has 0 spiro atoms. The molecule has 1 heterocycles. The van der Waals surface area contributed by atoms with Gasteiger partial charge in [0, 0.05) is 25.7 Å². The smallest absolute Gasteiger partial charge is 0.255 e. The Morgan fingerprint density at radius 1 is 1.60 bits per heavy atom. The number of hydrogen-bond acceptors (Lipinski definition) is 2. The third-order valence-electron chi connectivity index (χ3n) is 2.29. The van der Waals surface area contributed by atoms with Gasteiger partial charge in [-0.3, -0.25) is 9.48 Å². The van der Waals surface area contributed by atoms with Crippen molar-refractivity contribution in [2.75, 3.05) is 6.54 Å². The topological polar surface area (TPSA) is 46.9 Å². The molecule has 1 aromatic rings. The van der Waals surface area contributed by atoms with Crippen molar-refractivity contribution in [2.24, 2.45) is 7.05 Å². The van der Waals surface area contributed by atoms with E-state index < -0.39 is 0 Å². The summed E-state index contributed by atoms with van der Waals surface area (Å²) in [7, 11) is 1.82. The van der Waals surface area contributed by atoms with Gasteiger partial charge in [-0.05, 0) is 13.8 Å². The minimum atomic E-state index is -0.103. The second kappa shape index (κ2) is 4.65. The van der Waals surface area contributed by atoms with E-state index in [1.807, 2.05) is 20.9 Å². The summed E-state index contributed by atoms with van der Waals surface area (Å²) in [5.41, 5.74) is 2.26. The second-order valence-corrected chi connectivity index (χ2v) is 3.38. The lowest BCUT2D eigenvalue weighted by molar-refractivity contribution is 0.0953. The van der Waals surface area contributed by atoms with Gasteiger partial charge >= 0.3 is 0 Å². The Bertz CT molecular complexity index is 412. The van der Waals surface area contributed by atoms with Crippen molar-refractivity contribution in [3.63, 3.8) is 0 Å². The van der Waals surface area contributed by atoms with E-state index in [1.165, 1.54) is 0 Å². The molecule has 0 bridgehead atoms. The van der Waals surface area contributed by atoms with Crippen molar-refractivity contribution in [3.05, 3.63) is 17.0 Å². The monoisotopic (exact) mass is 205 g/mol. The standard InChI is InChI=1S/C11H15N3O/c1-5-6-7-12-11(15)10-8(2)13-14(4)9(10)3/h1H,6-7H2,2-4H3,(H,12,15). The molecule has 1 rings (SSSR count). The molecule has 80 valence electrons. The average Bonchev–Trinajstić information content (AvgIpc) is 2.41. The Morgan fingerprint density at radius 3 is 2.73 bits per heavy atom. The number of carbonyl (C=O) groups is 1. The Labute approximate surface area is 89.7 Å². The highest BCUT2D eigenvalue weighted by Gasteiger charge is 2.16. The predicted octanol–water partition coefficient (Wildman–Crippen LogP) is 0.790. The van der Waals surface area contributed by atoms with Crippen LogP contribution in [0.15, 0.2) is 0 Å². The summed E-state index contributed by atoms with van der Waals surface area (Å²) in [5, 5.41) is 6.94. The molecular formula is C11H15N3O. The van der Waals surface area contributed by atoms with Gasteiger partial charge in [0.25, 0.3) is 5.91 Å². The molecule has 0 unspecified atom stereocenters. The zero-order valence-corrected chi connectivity index (χ0v) is 9.29. The zero-order chi connectivity index (χ0) is 11.4. The molecule has 1 N–H and O–H groups in total. The highest BCUT2D eigenvalue weighted by atomic mass is 16.1. The molecule has 0 saturated heterocycles. The first-order chi connectivity index (χ1) is 7.07. The van der Waals surface area contributed by atoms with Crippen molar-refractivity contribution >= 4 is 5.91 Å². The van der Waals surface area contributed by atoms with E-state index in [0.29, 0.717) is 18.5 Å². The number of rotatable bonds is 3. The predicted molar refractivity (Wildman–Crippen MR) is 58.5 cm³/mol. The molecule has 0 aliphatic heterocycles. The van der Waals surface area contributed by atoms with Gasteiger partial charge in [-0.1, -0.05) is 0 Å². The SMILES string of the molecule is C#CCCNC(=O)c1c(C)nn(C)c1C. The number of aromatic nitrogens is 2. The van der Waals surface area contributed by atoms with Crippen LogP contribution in [0.25, 0.3) is 0 Å². The molecule has 0 radical (unpaired) electrons. The first-order valence-corrected chi connectivity index (χ1v) is 4.79. The van der Waals surface area contributed by atoms with Crippen LogP contribution in [0.5, 0.6) is 0 Å². The van der Waals surface area contributed by atoms with Crippen LogP contribution < -0.4 is 5.32 Å². The molecular weight excluding hydrogens is 190 g/mol. The van der Waals surface area contributed by atoms with Crippen molar-refractivity contribution in [2.45, 2.75) is 20.3 Å². The van der Waals surface area contributed by atoms with Crippen LogP contribution in [0.3, 0.4) is 0 Å². The molecule has 0 aliphatic rings. The lowest BCUT2D eigenvalue weighted by Gasteiger charge is -2.03. The molecule has 0 aromatic carbocycles. The van der Waals surface area contributed by atoms with Crippen LogP contribution in [-0.2, 0) is 7.05 Å². The van der Waals surface area contributed by atoms with E-state index >= 15 is 0 Å². The summed E-state index contributed by atoms with van der Waals surface area (Å²) in [4.78, 5) is 11.7. The van der Waals surface area contributed by atoms with Gasteiger partial charge in [0.15, 0.2) is 0 Å². The summed E-state index contributed by atoms with van der Waals surface area (Å²) >= 11 is 0. The van der Waals surface area contributed by atoms with E-state index in [4.69, 9.17) is 6.42 Å². The summed E-state index contributed by atoms with van der Waals surface area (Å²) in [6.07, 6.45) is 5.65. The zero-order valence-electron chi connectivity index (χ0n) is 9.29. The number of carbonyl (C=O) groups excluding carboxylic acids is 1. The van der Waals surface area contributed by atoms with Gasteiger partial charge < -0.3 is 5.32 Å². The number of nitrogens with one attached hydrogen (secondary N) is 1. The van der Waals surface area contributed by atoms with E-state index in [2.05, 4.69) is 16.3 Å². The third-order valence-corrected chi connectivity index (χ3v) is 2.29. The van der Waals surface area contributed by atoms with Crippen LogP contribution in [0.2, 0.25) is 0 Å². The number of nitrogens with zero attached hydrogens (tertiary/aromatic N) is 2. The molecule has 4 nitrogen and oxygen atoms in total. The summed E-state index contributed by atoms with van der Waals surface area (Å²) in [6, 6.07) is 0. The number of terminal acetylenes is 1. The van der Waals surface area contributed by atoms with Crippen LogP contribution in [0, 0.1) is 26.2 Å². The normalized spacial score (nSPS) is 9.73. The molecule has 4 heteroatoms. The van der Waals surface area contributed by atoms with Crippen LogP contribution in [0.4, 0.5) is 0 Å². The first kappa shape index (κ1) is 11.3. The fraction of sp³-hybridized carbons (Fsp3) is 0.455. The molecule has 0 atom stereocenters. The maximum Gasteiger partial charge on any atom is 0.255 e. The van der Waals surface area contributed by atoms with Gasteiger partial charge in [-0.15, -0.1) is 12.3 Å². The first-order valence-electron chi connectivity index (χ1n) is 4.79. The lowest BCUT2D eigenvalue weighted by Crippen LogP contribution is -2.25. The van der Waals surface area contributed by atoms with Crippen LogP contribution in [0.1, 0.15) is 28.2 Å². The quantitative estimate of drug-likeness (QED) is 0.586. The minimum Gasteiger partial charge on any atom is -0.351 e. The third kappa shape index (κ3) is 2.38. The van der Waals surface area contributed by atoms with Crippen LogP contribution >= 0.6 is 0 Å². The van der Waals surface area contributed by atoms with Gasteiger partial charge in [0.1, 0.15) is 0 Å². The molecule has 0 aliphatic carbocycles. The summed E-state index contributed by atoms with van der Waals surface area (Å²) in [5.74, 6) is 2.37. The maximum absolute atomic E-state index is 11.7. The van der Waals surface area contributed by atoms with E-state index in [9.17, 15) is 4.79 Å². The number of hydrogen-bond donors (Lipinski definition) is 1. The van der Waals surface area contributed by atoms with E-state index in [0.717, 1.165) is 11.4 Å². The Kier molecular flexibility index (Phi) is 3.51. The highest BCUT2D eigenvalue weighted by molar-refractivity contribution is 5.96. The van der Waals surface area contributed by atoms with Crippen LogP contribution in [-0.4, -0.2) is 22.2 Å². The minimum absolute atomic E-state index is 0.103. The number of amides is 1. The van der Waals surface area contributed by atoms with Gasteiger partial charge in [0.05, 0.1) is 11.3 Å². The van der Waals surface area contributed by atoms with Gasteiger partial charge in [0.2, 0.25) is 0 Å². The fourth-order valence-electron chi connectivity index (χ4n) is 1.44. The molecule has 1 amide bonds. The van der Waals surface area contributed by atoms with E-state index in [-0.39, 0.29) is 5.91 Å². The maximum atomic E-state index is 11.7. The summed E-state index contributed by atoms with van der Waals surface area (Å²) in [6.45, 7) is 4.20. The Hall–Kier alpha value is -1.76. The van der Waals surface area contributed by atoms with Gasteiger partial charge in [-0.25, -0.2) is 0 Å². The highest BCUT2D eigenvalue weighted by Crippen LogP contribution is 2.11. The van der Waals surface area contributed by atoms with Crippen molar-refractivity contribution in [1.29, 1.82) is 0 Å². The average molecular weight is 205 g/mol. The van der Waals surface area contributed by atoms with Gasteiger partial charge in [-0.2, -0.15) is 5.10 Å². The molecule has 1 aromatic heterocycles. The van der Waals surface area contributed by atoms with Crippen molar-refractivity contribution in [3.8, 4) is 12.3 Å². The molecule has 0 saturated carbocycles. The summed E-state index contributed by atoms with van der Waals surface area (Å²) < 4.78 is 1.70.